The van der Waals surface area contributed by atoms with E-state index in [0.29, 0.717) is 13.0 Å². The second kappa shape index (κ2) is 5.32. The molecule has 0 unspecified atom stereocenters. The lowest BCUT2D eigenvalue weighted by atomic mass is 9.91. The van der Waals surface area contributed by atoms with Crippen molar-refractivity contribution in [3.63, 3.8) is 0 Å². The van der Waals surface area contributed by atoms with Gasteiger partial charge in [0.25, 0.3) is 0 Å². The Morgan fingerprint density at radius 2 is 2.29 bits per heavy atom. The Morgan fingerprint density at radius 3 is 2.86 bits per heavy atom. The molecule has 2 atom stereocenters. The fourth-order valence-corrected chi connectivity index (χ4v) is 2.08. The third-order valence-corrected chi connectivity index (χ3v) is 2.80. The number of piperidine rings is 1. The molecule has 0 saturated carbocycles. The maximum absolute atomic E-state index is 10.5. The average molecular weight is 201 g/mol. The van der Waals surface area contributed by atoms with Crippen LogP contribution in [0.15, 0.2) is 0 Å². The minimum atomic E-state index is -0.781. The molecule has 0 bridgehead atoms. The molecule has 0 aromatic carbocycles. The van der Waals surface area contributed by atoms with Gasteiger partial charge in [0.2, 0.25) is 0 Å². The Morgan fingerprint density at radius 1 is 1.57 bits per heavy atom. The first kappa shape index (κ1) is 11.5. The first-order valence-corrected chi connectivity index (χ1v) is 5.25. The summed E-state index contributed by atoms with van der Waals surface area (Å²) in [5.41, 5.74) is 0. The highest BCUT2D eigenvalue weighted by Crippen LogP contribution is 2.21. The van der Waals surface area contributed by atoms with E-state index in [2.05, 4.69) is 6.92 Å². The Bertz CT molecular complexity index is 196. The van der Waals surface area contributed by atoms with E-state index in [0.717, 1.165) is 19.4 Å². The molecule has 1 aliphatic rings. The van der Waals surface area contributed by atoms with Crippen LogP contribution in [-0.2, 0) is 4.79 Å². The van der Waals surface area contributed by atoms with Gasteiger partial charge in [-0.2, -0.15) is 0 Å². The van der Waals surface area contributed by atoms with Crippen LogP contribution >= 0.6 is 0 Å². The van der Waals surface area contributed by atoms with Gasteiger partial charge in [0.1, 0.15) is 0 Å². The van der Waals surface area contributed by atoms with Gasteiger partial charge in [-0.1, -0.05) is 13.3 Å². The summed E-state index contributed by atoms with van der Waals surface area (Å²) in [6, 6.07) is 0. The first-order chi connectivity index (χ1) is 6.63. The minimum Gasteiger partial charge on any atom is -0.480 e. The van der Waals surface area contributed by atoms with Crippen LogP contribution < -0.4 is 0 Å². The molecular weight excluding hydrogens is 182 g/mol. The van der Waals surface area contributed by atoms with Crippen molar-refractivity contribution in [2.24, 2.45) is 5.92 Å². The third-order valence-electron chi connectivity index (χ3n) is 2.80. The number of nitrogens with zero attached hydrogens (tertiary/aromatic N) is 1. The van der Waals surface area contributed by atoms with Gasteiger partial charge in [-0.3, -0.25) is 9.69 Å². The van der Waals surface area contributed by atoms with Crippen LogP contribution in [0.1, 0.15) is 26.2 Å². The molecule has 0 aliphatic carbocycles. The van der Waals surface area contributed by atoms with Gasteiger partial charge in [0.15, 0.2) is 0 Å². The molecule has 82 valence electrons. The number of aliphatic hydroxyl groups is 1. The Labute approximate surface area is 84.5 Å². The number of rotatable bonds is 4. The molecule has 0 aromatic heterocycles. The Hall–Kier alpha value is -0.610. The second-order valence-corrected chi connectivity index (χ2v) is 4.03. The predicted octanol–water partition coefficient (Wildman–Crippen LogP) is 0.554. The monoisotopic (exact) mass is 201 g/mol. The number of likely N-dealkylation sites (tertiary alicyclic amines) is 1. The molecule has 1 aliphatic heterocycles. The largest absolute Gasteiger partial charge is 0.480 e. The lowest BCUT2D eigenvalue weighted by molar-refractivity contribution is -0.139. The highest BCUT2D eigenvalue weighted by molar-refractivity contribution is 5.69. The van der Waals surface area contributed by atoms with E-state index in [9.17, 15) is 9.90 Å². The zero-order valence-electron chi connectivity index (χ0n) is 8.65. The average Bonchev–Trinajstić information content (AvgIpc) is 2.10. The normalized spacial score (nSPS) is 29.0. The van der Waals surface area contributed by atoms with Gasteiger partial charge in [-0.05, 0) is 18.8 Å². The van der Waals surface area contributed by atoms with Crippen LogP contribution in [-0.4, -0.2) is 46.8 Å². The first-order valence-electron chi connectivity index (χ1n) is 5.25. The number of hydrogen-bond acceptors (Lipinski definition) is 3. The maximum Gasteiger partial charge on any atom is 0.317 e. The van der Waals surface area contributed by atoms with Crippen LogP contribution in [0.2, 0.25) is 0 Å². The SMILES string of the molecule is CCC[C@@H]1CN(CC(=O)O)CC[C@@H]1O. The zero-order valence-corrected chi connectivity index (χ0v) is 8.65. The van der Waals surface area contributed by atoms with Crippen LogP contribution in [0.25, 0.3) is 0 Å². The summed E-state index contributed by atoms with van der Waals surface area (Å²) in [5, 5.41) is 18.3. The molecule has 1 heterocycles. The fourth-order valence-electron chi connectivity index (χ4n) is 2.08. The second-order valence-electron chi connectivity index (χ2n) is 4.03. The molecular formula is C10H19NO3. The summed E-state index contributed by atoms with van der Waals surface area (Å²) in [7, 11) is 0. The van der Waals surface area contributed by atoms with E-state index in [4.69, 9.17) is 5.11 Å². The van der Waals surface area contributed by atoms with Crippen molar-refractivity contribution in [3.8, 4) is 0 Å². The summed E-state index contributed by atoms with van der Waals surface area (Å²) in [6.07, 6.45) is 2.50. The van der Waals surface area contributed by atoms with Crippen LogP contribution in [0.3, 0.4) is 0 Å². The highest BCUT2D eigenvalue weighted by Gasteiger charge is 2.27. The van der Waals surface area contributed by atoms with E-state index >= 15 is 0 Å². The molecule has 0 radical (unpaired) electrons. The molecule has 4 nitrogen and oxygen atoms in total. The van der Waals surface area contributed by atoms with Crippen molar-refractivity contribution in [1.29, 1.82) is 0 Å². The summed E-state index contributed by atoms with van der Waals surface area (Å²) < 4.78 is 0. The van der Waals surface area contributed by atoms with E-state index in [-0.39, 0.29) is 18.6 Å². The summed E-state index contributed by atoms with van der Waals surface area (Å²) in [6.45, 7) is 3.62. The number of carboxylic acid groups (broad SMARTS) is 1. The van der Waals surface area contributed by atoms with Crippen LogP contribution in [0.5, 0.6) is 0 Å². The van der Waals surface area contributed by atoms with Crippen molar-refractivity contribution in [1.82, 2.24) is 4.90 Å². The third kappa shape index (κ3) is 3.27. The minimum absolute atomic E-state index is 0.104. The van der Waals surface area contributed by atoms with Crippen LogP contribution in [0, 0.1) is 5.92 Å². The fraction of sp³-hybridized carbons (Fsp3) is 0.900. The summed E-state index contributed by atoms with van der Waals surface area (Å²) in [5.74, 6) is -0.523. The summed E-state index contributed by atoms with van der Waals surface area (Å²) in [4.78, 5) is 12.4. The molecule has 4 heteroatoms. The van der Waals surface area contributed by atoms with E-state index < -0.39 is 5.97 Å². The molecule has 0 amide bonds. The lowest BCUT2D eigenvalue weighted by Gasteiger charge is -2.35. The smallest absolute Gasteiger partial charge is 0.317 e. The van der Waals surface area contributed by atoms with Crippen molar-refractivity contribution >= 4 is 5.97 Å². The number of carbonyl (C=O) groups is 1. The van der Waals surface area contributed by atoms with Crippen molar-refractivity contribution in [2.75, 3.05) is 19.6 Å². The molecule has 1 saturated heterocycles. The number of hydrogen-bond donors (Lipinski definition) is 2. The topological polar surface area (TPSA) is 60.8 Å². The van der Waals surface area contributed by atoms with Gasteiger partial charge in [-0.15, -0.1) is 0 Å². The van der Waals surface area contributed by atoms with Crippen molar-refractivity contribution < 1.29 is 15.0 Å². The number of aliphatic carboxylic acids is 1. The van der Waals surface area contributed by atoms with Gasteiger partial charge in [0, 0.05) is 13.1 Å². The van der Waals surface area contributed by atoms with Gasteiger partial charge < -0.3 is 10.2 Å². The van der Waals surface area contributed by atoms with E-state index in [1.807, 2.05) is 4.90 Å². The quantitative estimate of drug-likeness (QED) is 0.697. The molecule has 14 heavy (non-hydrogen) atoms. The molecule has 1 rings (SSSR count). The number of aliphatic hydroxyl groups excluding tert-OH is 1. The Balaban J connectivity index is 2.40. The molecule has 2 N–H and O–H groups in total. The standard InChI is InChI=1S/C10H19NO3/c1-2-3-8-6-11(7-10(13)14)5-4-9(8)12/h8-9,12H,2-7H2,1H3,(H,13,14)/t8-,9+/m1/s1. The van der Waals surface area contributed by atoms with Gasteiger partial charge in [0.05, 0.1) is 12.6 Å². The van der Waals surface area contributed by atoms with Crippen LogP contribution in [0.4, 0.5) is 0 Å². The van der Waals surface area contributed by atoms with Gasteiger partial charge in [-0.25, -0.2) is 0 Å². The predicted molar refractivity (Wildman–Crippen MR) is 53.1 cm³/mol. The van der Waals surface area contributed by atoms with Crippen molar-refractivity contribution in [3.05, 3.63) is 0 Å². The van der Waals surface area contributed by atoms with E-state index in [1.165, 1.54) is 0 Å². The molecule has 0 spiro atoms. The summed E-state index contributed by atoms with van der Waals surface area (Å²) >= 11 is 0. The molecule has 1 fully saturated rings. The van der Waals surface area contributed by atoms with E-state index in [1.54, 1.807) is 0 Å². The van der Waals surface area contributed by atoms with Gasteiger partial charge >= 0.3 is 5.97 Å². The maximum atomic E-state index is 10.5. The lowest BCUT2D eigenvalue weighted by Crippen LogP contribution is -2.45. The zero-order chi connectivity index (χ0) is 10.6. The molecule has 0 aromatic rings. The highest BCUT2D eigenvalue weighted by atomic mass is 16.4. The Kier molecular flexibility index (Phi) is 4.35. The number of carboxylic acids is 1. The van der Waals surface area contributed by atoms with Crippen molar-refractivity contribution in [2.45, 2.75) is 32.3 Å².